The van der Waals surface area contributed by atoms with Crippen LogP contribution in [0.15, 0.2) is 60.7 Å². The number of carbonyl (C=O) groups is 1. The zero-order chi connectivity index (χ0) is 22.0. The first-order valence-corrected chi connectivity index (χ1v) is 11.7. The number of aryl methyl sites for hydroxylation is 1. The van der Waals surface area contributed by atoms with Gasteiger partial charge in [-0.2, -0.15) is 0 Å². The van der Waals surface area contributed by atoms with Crippen molar-refractivity contribution in [3.63, 3.8) is 0 Å². The van der Waals surface area contributed by atoms with Gasteiger partial charge in [-0.15, -0.1) is 11.3 Å². The number of hydrogen-bond donors (Lipinski definition) is 0. The highest BCUT2D eigenvalue weighted by molar-refractivity contribution is 9.09. The van der Waals surface area contributed by atoms with Gasteiger partial charge in [0, 0.05) is 31.4 Å². The summed E-state index contributed by atoms with van der Waals surface area (Å²) in [6.45, 7) is 2.56. The van der Waals surface area contributed by atoms with Crippen LogP contribution < -0.4 is 9.47 Å². The van der Waals surface area contributed by atoms with E-state index in [1.807, 2.05) is 19.1 Å². The molecule has 0 spiro atoms. The fraction of sp³-hybridized carbons (Fsp3) is 0.160. The molecule has 0 radical (unpaired) electrons. The van der Waals surface area contributed by atoms with Gasteiger partial charge in [-0.25, -0.2) is 4.39 Å². The zero-order valence-electron chi connectivity index (χ0n) is 17.1. The summed E-state index contributed by atoms with van der Waals surface area (Å²) in [5.41, 5.74) is 2.90. The molecule has 0 saturated heterocycles. The number of halogens is 2. The summed E-state index contributed by atoms with van der Waals surface area (Å²) >= 11 is 4.82. The Morgan fingerprint density at radius 3 is 2.52 bits per heavy atom. The minimum absolute atomic E-state index is 0.103. The van der Waals surface area contributed by atoms with Crippen molar-refractivity contribution in [2.45, 2.75) is 6.92 Å². The lowest BCUT2D eigenvalue weighted by molar-refractivity contribution is 0.104. The molecular weight excluding hydrogens is 479 g/mol. The average molecular weight is 499 g/mol. The van der Waals surface area contributed by atoms with Gasteiger partial charge in [0.1, 0.15) is 5.75 Å². The maximum Gasteiger partial charge on any atom is 0.195 e. The number of ketones is 1. The second-order valence-corrected chi connectivity index (χ2v) is 8.89. The minimum Gasteiger partial charge on any atom is -0.494 e. The summed E-state index contributed by atoms with van der Waals surface area (Å²) in [7, 11) is 1.43. The molecule has 1 aromatic heterocycles. The fourth-order valence-electron chi connectivity index (χ4n) is 3.44. The Morgan fingerprint density at radius 1 is 1.06 bits per heavy atom. The Kier molecular flexibility index (Phi) is 6.39. The molecule has 0 bridgehead atoms. The van der Waals surface area contributed by atoms with Crippen LogP contribution in [0.5, 0.6) is 11.5 Å². The number of alkyl halides is 1. The molecule has 3 nitrogen and oxygen atoms in total. The highest BCUT2D eigenvalue weighted by Gasteiger charge is 2.22. The lowest BCUT2D eigenvalue weighted by atomic mass is 9.97. The molecule has 0 unspecified atom stereocenters. The van der Waals surface area contributed by atoms with Crippen LogP contribution in [0.4, 0.5) is 4.39 Å². The van der Waals surface area contributed by atoms with Gasteiger partial charge in [-0.1, -0.05) is 28.1 Å². The van der Waals surface area contributed by atoms with E-state index in [9.17, 15) is 9.18 Å². The van der Waals surface area contributed by atoms with Crippen LogP contribution in [-0.2, 0) is 0 Å². The van der Waals surface area contributed by atoms with Crippen molar-refractivity contribution < 1.29 is 18.7 Å². The molecule has 4 aromatic rings. The number of fused-ring (bicyclic) bond motifs is 1. The predicted molar refractivity (Wildman–Crippen MR) is 128 cm³/mol. The van der Waals surface area contributed by atoms with Gasteiger partial charge in [0.25, 0.3) is 0 Å². The molecule has 0 aliphatic carbocycles. The quantitative estimate of drug-likeness (QED) is 0.202. The number of hydrogen-bond acceptors (Lipinski definition) is 4. The average Bonchev–Trinajstić information content (AvgIpc) is 3.16. The summed E-state index contributed by atoms with van der Waals surface area (Å²) in [5.74, 6) is 0.320. The van der Waals surface area contributed by atoms with Crippen molar-refractivity contribution in [1.82, 2.24) is 0 Å². The van der Waals surface area contributed by atoms with Gasteiger partial charge in [-0.05, 0) is 66.6 Å². The monoisotopic (exact) mass is 498 g/mol. The number of benzene rings is 3. The zero-order valence-corrected chi connectivity index (χ0v) is 19.5. The third-order valence-electron chi connectivity index (χ3n) is 4.95. The molecule has 3 aromatic carbocycles. The van der Waals surface area contributed by atoms with Crippen LogP contribution in [0.2, 0.25) is 0 Å². The molecule has 158 valence electrons. The van der Waals surface area contributed by atoms with Crippen LogP contribution in [0.25, 0.3) is 20.5 Å². The van der Waals surface area contributed by atoms with E-state index in [1.165, 1.54) is 24.5 Å². The summed E-state index contributed by atoms with van der Waals surface area (Å²) in [6.07, 6.45) is 0. The highest BCUT2D eigenvalue weighted by Crippen LogP contribution is 2.41. The first-order valence-electron chi connectivity index (χ1n) is 9.72. The Balaban J connectivity index is 1.83. The second kappa shape index (κ2) is 9.20. The van der Waals surface area contributed by atoms with Crippen molar-refractivity contribution in [1.29, 1.82) is 0 Å². The molecule has 0 amide bonds. The Bertz CT molecular complexity index is 1250. The minimum atomic E-state index is -0.458. The first kappa shape index (κ1) is 21.5. The summed E-state index contributed by atoms with van der Waals surface area (Å²) in [4.78, 5) is 14.3. The van der Waals surface area contributed by atoms with Crippen LogP contribution in [0, 0.1) is 12.7 Å². The maximum atomic E-state index is 14.4. The molecule has 4 rings (SSSR count). The summed E-state index contributed by atoms with van der Waals surface area (Å²) < 4.78 is 26.1. The van der Waals surface area contributed by atoms with E-state index in [0.717, 1.165) is 25.9 Å². The second-order valence-electron chi connectivity index (χ2n) is 7.05. The molecule has 0 N–H and O–H groups in total. The van der Waals surface area contributed by atoms with Gasteiger partial charge in [0.15, 0.2) is 17.3 Å². The normalized spacial score (nSPS) is 11.0. The number of rotatable bonds is 7. The van der Waals surface area contributed by atoms with E-state index in [-0.39, 0.29) is 11.5 Å². The third kappa shape index (κ3) is 4.36. The Hall–Kier alpha value is -2.70. The molecule has 0 atom stereocenters. The fourth-order valence-corrected chi connectivity index (χ4v) is 4.90. The van der Waals surface area contributed by atoms with Gasteiger partial charge in [-0.3, -0.25) is 4.79 Å². The molecule has 1 heterocycles. The number of methoxy groups -OCH3 is 1. The van der Waals surface area contributed by atoms with Crippen molar-refractivity contribution in [2.24, 2.45) is 0 Å². The number of ether oxygens (including phenoxy) is 2. The molecule has 0 aliphatic rings. The van der Waals surface area contributed by atoms with E-state index in [4.69, 9.17) is 9.47 Å². The summed E-state index contributed by atoms with van der Waals surface area (Å²) in [6, 6.07) is 17.9. The number of carbonyl (C=O) groups excluding carboxylic acids is 1. The van der Waals surface area contributed by atoms with E-state index >= 15 is 0 Å². The summed E-state index contributed by atoms with van der Waals surface area (Å²) in [5, 5.41) is 1.60. The molecule has 6 heteroatoms. The van der Waals surface area contributed by atoms with Gasteiger partial charge in [0.05, 0.1) is 13.7 Å². The lowest BCUT2D eigenvalue weighted by Gasteiger charge is -2.08. The third-order valence-corrected chi connectivity index (χ3v) is 6.47. The Morgan fingerprint density at radius 2 is 1.84 bits per heavy atom. The molecule has 0 saturated carbocycles. The van der Waals surface area contributed by atoms with Crippen LogP contribution in [0.1, 0.15) is 21.5 Å². The van der Waals surface area contributed by atoms with Crippen LogP contribution in [-0.4, -0.2) is 24.8 Å². The topological polar surface area (TPSA) is 35.5 Å². The predicted octanol–water partition coefficient (Wildman–Crippen LogP) is 7.03. The van der Waals surface area contributed by atoms with E-state index in [1.54, 1.807) is 36.4 Å². The van der Waals surface area contributed by atoms with Crippen molar-refractivity contribution >= 4 is 43.1 Å². The largest absolute Gasteiger partial charge is 0.494 e. The number of thiophene rings is 1. The lowest BCUT2D eigenvalue weighted by Crippen LogP contribution is -2.03. The van der Waals surface area contributed by atoms with Gasteiger partial charge in [0.2, 0.25) is 0 Å². The standard InChI is InChI=1S/C25H20BrFO3S/c1-15-3-9-19-22(13-15)31-25(17-6-10-21(29-2)20(27)14-17)23(19)24(28)16-4-7-18(8-5-16)30-12-11-26/h3-10,13-14H,11-12H2,1-2H3. The molecular formula is C25H20BrFO3S. The van der Waals surface area contributed by atoms with Crippen LogP contribution in [0.3, 0.4) is 0 Å². The Labute approximate surface area is 192 Å². The SMILES string of the molecule is COc1ccc(-c2sc3cc(C)ccc3c2C(=O)c2ccc(OCCBr)cc2)cc1F. The smallest absolute Gasteiger partial charge is 0.195 e. The van der Waals surface area contributed by atoms with Gasteiger partial charge >= 0.3 is 0 Å². The van der Waals surface area contributed by atoms with E-state index < -0.39 is 5.82 Å². The maximum absolute atomic E-state index is 14.4. The van der Waals surface area contributed by atoms with Gasteiger partial charge < -0.3 is 9.47 Å². The van der Waals surface area contributed by atoms with E-state index in [2.05, 4.69) is 22.0 Å². The highest BCUT2D eigenvalue weighted by atomic mass is 79.9. The molecule has 0 aliphatic heterocycles. The van der Waals surface area contributed by atoms with Crippen molar-refractivity contribution in [2.75, 3.05) is 19.0 Å². The van der Waals surface area contributed by atoms with Crippen molar-refractivity contribution in [3.05, 3.63) is 83.2 Å². The van der Waals surface area contributed by atoms with Crippen molar-refractivity contribution in [3.8, 4) is 21.9 Å². The van der Waals surface area contributed by atoms with E-state index in [0.29, 0.717) is 29.0 Å². The molecule has 31 heavy (non-hydrogen) atoms. The first-order chi connectivity index (χ1) is 15.0. The molecule has 0 fully saturated rings. The van der Waals surface area contributed by atoms with Crippen LogP contribution >= 0.6 is 27.3 Å².